The topological polar surface area (TPSA) is 75.6 Å². The standard InChI is InChI=1S/C16H15NO4/c18-15(10-11-17-12-6-2-1-3-7-12)21-14-9-5-4-8-13(14)16(19)20/h1-9,17H,10-11H2,(H,19,20). The van der Waals surface area contributed by atoms with Gasteiger partial charge in [0, 0.05) is 12.2 Å². The molecular weight excluding hydrogens is 270 g/mol. The second-order valence-corrected chi connectivity index (χ2v) is 4.32. The smallest absolute Gasteiger partial charge is 0.339 e. The highest BCUT2D eigenvalue weighted by Crippen LogP contribution is 2.18. The minimum Gasteiger partial charge on any atom is -0.478 e. The zero-order valence-electron chi connectivity index (χ0n) is 11.3. The summed E-state index contributed by atoms with van der Waals surface area (Å²) in [6, 6.07) is 15.5. The zero-order chi connectivity index (χ0) is 15.1. The van der Waals surface area contributed by atoms with Crippen molar-refractivity contribution in [2.24, 2.45) is 0 Å². The summed E-state index contributed by atoms with van der Waals surface area (Å²) in [4.78, 5) is 22.7. The lowest BCUT2D eigenvalue weighted by Crippen LogP contribution is -2.15. The molecule has 0 atom stereocenters. The van der Waals surface area contributed by atoms with Gasteiger partial charge in [0.25, 0.3) is 0 Å². The van der Waals surface area contributed by atoms with Crippen LogP contribution in [0.25, 0.3) is 0 Å². The maximum atomic E-state index is 11.7. The first-order valence-electron chi connectivity index (χ1n) is 6.49. The molecule has 0 amide bonds. The summed E-state index contributed by atoms with van der Waals surface area (Å²) in [6.07, 6.45) is 0.142. The predicted molar refractivity (Wildman–Crippen MR) is 78.6 cm³/mol. The van der Waals surface area contributed by atoms with Crippen LogP contribution >= 0.6 is 0 Å². The molecule has 0 spiro atoms. The van der Waals surface area contributed by atoms with Gasteiger partial charge in [0.2, 0.25) is 0 Å². The first-order valence-corrected chi connectivity index (χ1v) is 6.49. The van der Waals surface area contributed by atoms with Gasteiger partial charge in [0.05, 0.1) is 6.42 Å². The summed E-state index contributed by atoms with van der Waals surface area (Å²) in [5.41, 5.74) is 0.887. The van der Waals surface area contributed by atoms with Crippen LogP contribution in [0.3, 0.4) is 0 Å². The number of nitrogens with one attached hydrogen (secondary N) is 1. The van der Waals surface area contributed by atoms with E-state index in [9.17, 15) is 9.59 Å². The molecule has 0 aliphatic heterocycles. The Morgan fingerprint density at radius 1 is 1.00 bits per heavy atom. The molecule has 5 heteroatoms. The molecule has 0 saturated carbocycles. The first-order chi connectivity index (χ1) is 10.2. The van der Waals surface area contributed by atoms with E-state index in [1.807, 2.05) is 30.3 Å². The van der Waals surface area contributed by atoms with Gasteiger partial charge in [0.15, 0.2) is 0 Å². The van der Waals surface area contributed by atoms with Crippen LogP contribution in [-0.4, -0.2) is 23.6 Å². The number of hydrogen-bond donors (Lipinski definition) is 2. The summed E-state index contributed by atoms with van der Waals surface area (Å²) in [5, 5.41) is 12.1. The van der Waals surface area contributed by atoms with Crippen LogP contribution in [0.1, 0.15) is 16.8 Å². The molecule has 2 N–H and O–H groups in total. The fourth-order valence-electron chi connectivity index (χ4n) is 1.77. The Balaban J connectivity index is 1.86. The third-order valence-electron chi connectivity index (χ3n) is 2.77. The van der Waals surface area contributed by atoms with Crippen molar-refractivity contribution in [3.63, 3.8) is 0 Å². The number of carbonyl (C=O) groups excluding carboxylic acids is 1. The highest BCUT2D eigenvalue weighted by molar-refractivity contribution is 5.92. The summed E-state index contributed by atoms with van der Waals surface area (Å²) < 4.78 is 5.08. The van der Waals surface area contributed by atoms with Gasteiger partial charge in [-0.2, -0.15) is 0 Å². The summed E-state index contributed by atoms with van der Waals surface area (Å²) in [5.74, 6) is -1.54. The quantitative estimate of drug-likeness (QED) is 0.630. The number of rotatable bonds is 6. The fraction of sp³-hybridized carbons (Fsp3) is 0.125. The molecule has 2 rings (SSSR count). The Hall–Kier alpha value is -2.82. The van der Waals surface area contributed by atoms with Crippen molar-refractivity contribution in [2.45, 2.75) is 6.42 Å². The molecule has 0 saturated heterocycles. The van der Waals surface area contributed by atoms with E-state index < -0.39 is 11.9 Å². The van der Waals surface area contributed by atoms with Crippen LogP contribution in [0.5, 0.6) is 5.75 Å². The van der Waals surface area contributed by atoms with Gasteiger partial charge in [-0.3, -0.25) is 4.79 Å². The van der Waals surface area contributed by atoms with E-state index >= 15 is 0 Å². The first kappa shape index (κ1) is 14.6. The average Bonchev–Trinajstić information content (AvgIpc) is 2.48. The molecule has 21 heavy (non-hydrogen) atoms. The number of carboxylic acids is 1. The molecule has 0 aliphatic carbocycles. The number of para-hydroxylation sites is 2. The van der Waals surface area contributed by atoms with E-state index in [2.05, 4.69) is 5.32 Å². The number of ether oxygens (including phenoxy) is 1. The van der Waals surface area contributed by atoms with Crippen LogP contribution in [0.15, 0.2) is 54.6 Å². The van der Waals surface area contributed by atoms with E-state index in [1.54, 1.807) is 12.1 Å². The number of hydrogen-bond acceptors (Lipinski definition) is 4. The van der Waals surface area contributed by atoms with Gasteiger partial charge in [-0.1, -0.05) is 30.3 Å². The van der Waals surface area contributed by atoms with Gasteiger partial charge < -0.3 is 15.2 Å². The molecule has 0 aromatic heterocycles. The number of carbonyl (C=O) groups is 2. The van der Waals surface area contributed by atoms with Gasteiger partial charge in [-0.05, 0) is 24.3 Å². The van der Waals surface area contributed by atoms with E-state index in [0.717, 1.165) is 5.69 Å². The van der Waals surface area contributed by atoms with E-state index in [0.29, 0.717) is 6.54 Å². The van der Waals surface area contributed by atoms with Crippen LogP contribution in [-0.2, 0) is 4.79 Å². The number of esters is 1. The van der Waals surface area contributed by atoms with Crippen LogP contribution in [0.2, 0.25) is 0 Å². The number of benzene rings is 2. The van der Waals surface area contributed by atoms with Crippen molar-refractivity contribution in [3.8, 4) is 5.75 Å². The molecule has 2 aromatic carbocycles. The fourth-order valence-corrected chi connectivity index (χ4v) is 1.77. The highest BCUT2D eigenvalue weighted by atomic mass is 16.5. The number of anilines is 1. The minimum absolute atomic E-state index is 0.0260. The predicted octanol–water partition coefficient (Wildman–Crippen LogP) is 2.79. The van der Waals surface area contributed by atoms with Crippen molar-refractivity contribution in [1.29, 1.82) is 0 Å². The van der Waals surface area contributed by atoms with E-state index in [4.69, 9.17) is 9.84 Å². The van der Waals surface area contributed by atoms with Crippen molar-refractivity contribution < 1.29 is 19.4 Å². The number of carboxylic acid groups (broad SMARTS) is 1. The van der Waals surface area contributed by atoms with Crippen molar-refractivity contribution in [2.75, 3.05) is 11.9 Å². The Kier molecular flexibility index (Phi) is 4.93. The summed E-state index contributed by atoms with van der Waals surface area (Å²) in [6.45, 7) is 0.415. The minimum atomic E-state index is -1.12. The van der Waals surface area contributed by atoms with Gasteiger partial charge in [-0.15, -0.1) is 0 Å². The third-order valence-corrected chi connectivity index (χ3v) is 2.77. The van der Waals surface area contributed by atoms with E-state index in [-0.39, 0.29) is 17.7 Å². The highest BCUT2D eigenvalue weighted by Gasteiger charge is 2.13. The zero-order valence-corrected chi connectivity index (χ0v) is 11.3. The lowest BCUT2D eigenvalue weighted by Gasteiger charge is -2.08. The molecule has 5 nitrogen and oxygen atoms in total. The molecule has 0 radical (unpaired) electrons. The lowest BCUT2D eigenvalue weighted by atomic mass is 10.2. The van der Waals surface area contributed by atoms with Crippen LogP contribution in [0.4, 0.5) is 5.69 Å². The monoisotopic (exact) mass is 285 g/mol. The summed E-state index contributed by atoms with van der Waals surface area (Å²) in [7, 11) is 0. The Morgan fingerprint density at radius 2 is 1.67 bits per heavy atom. The normalized spacial score (nSPS) is 9.90. The Bertz CT molecular complexity index is 625. The van der Waals surface area contributed by atoms with Crippen molar-refractivity contribution in [3.05, 3.63) is 60.2 Å². The van der Waals surface area contributed by atoms with Crippen LogP contribution in [0, 0.1) is 0 Å². The Morgan fingerprint density at radius 3 is 2.38 bits per heavy atom. The van der Waals surface area contributed by atoms with Gasteiger partial charge in [-0.25, -0.2) is 4.79 Å². The van der Waals surface area contributed by atoms with Crippen molar-refractivity contribution >= 4 is 17.6 Å². The van der Waals surface area contributed by atoms with Gasteiger partial charge >= 0.3 is 11.9 Å². The molecule has 0 aliphatic rings. The van der Waals surface area contributed by atoms with E-state index in [1.165, 1.54) is 12.1 Å². The number of aromatic carboxylic acids is 1. The van der Waals surface area contributed by atoms with Crippen LogP contribution < -0.4 is 10.1 Å². The maximum Gasteiger partial charge on any atom is 0.339 e. The molecule has 0 unspecified atom stereocenters. The molecule has 2 aromatic rings. The lowest BCUT2D eigenvalue weighted by molar-refractivity contribution is -0.134. The summed E-state index contributed by atoms with van der Waals surface area (Å²) >= 11 is 0. The SMILES string of the molecule is O=C(CCNc1ccccc1)Oc1ccccc1C(=O)O. The largest absolute Gasteiger partial charge is 0.478 e. The maximum absolute atomic E-state index is 11.7. The second-order valence-electron chi connectivity index (χ2n) is 4.32. The molecule has 0 fully saturated rings. The van der Waals surface area contributed by atoms with Gasteiger partial charge in [0.1, 0.15) is 11.3 Å². The Labute approximate surface area is 122 Å². The third kappa shape index (κ3) is 4.35. The van der Waals surface area contributed by atoms with Crippen molar-refractivity contribution in [1.82, 2.24) is 0 Å². The molecule has 0 heterocycles. The molecule has 108 valence electrons. The average molecular weight is 285 g/mol. The molecular formula is C16H15NO4. The molecule has 0 bridgehead atoms. The second kappa shape index (κ2) is 7.09.